The zero-order valence-electron chi connectivity index (χ0n) is 14.3. The molecule has 2 aliphatic rings. The molecule has 1 aliphatic heterocycles. The molecule has 0 radical (unpaired) electrons. The van der Waals surface area contributed by atoms with E-state index in [0.717, 1.165) is 36.3 Å². The van der Waals surface area contributed by atoms with Crippen molar-refractivity contribution in [3.63, 3.8) is 0 Å². The van der Waals surface area contributed by atoms with Gasteiger partial charge in [-0.2, -0.15) is 0 Å². The Balaban J connectivity index is 1.34. The first-order chi connectivity index (χ1) is 12.1. The monoisotopic (exact) mass is 338 g/mol. The van der Waals surface area contributed by atoms with E-state index in [-0.39, 0.29) is 23.1 Å². The molecule has 2 fully saturated rings. The molecule has 25 heavy (non-hydrogen) atoms. The van der Waals surface area contributed by atoms with Gasteiger partial charge in [0.1, 0.15) is 5.76 Å². The van der Waals surface area contributed by atoms with Gasteiger partial charge in [0.05, 0.1) is 12.8 Å². The first-order valence-corrected chi connectivity index (χ1v) is 8.73. The Morgan fingerprint density at radius 2 is 2.08 bits per heavy atom. The van der Waals surface area contributed by atoms with Crippen LogP contribution in [-0.2, 0) is 11.3 Å². The largest absolute Gasteiger partial charge is 0.467 e. The van der Waals surface area contributed by atoms with Crippen LogP contribution in [0.2, 0.25) is 0 Å². The van der Waals surface area contributed by atoms with Gasteiger partial charge in [-0.1, -0.05) is 17.7 Å². The number of aryl methyl sites for hydroxylation is 1. The maximum absolute atomic E-state index is 12.6. The van der Waals surface area contributed by atoms with Gasteiger partial charge in [-0.05, 0) is 44.0 Å². The lowest BCUT2D eigenvalue weighted by Gasteiger charge is -2.17. The van der Waals surface area contributed by atoms with Crippen LogP contribution in [0.3, 0.4) is 0 Å². The highest BCUT2D eigenvalue weighted by molar-refractivity contribution is 5.94. The molecule has 1 saturated heterocycles. The first-order valence-electron chi connectivity index (χ1n) is 8.73. The molecule has 1 aromatic carbocycles. The van der Waals surface area contributed by atoms with Crippen molar-refractivity contribution in [2.45, 2.75) is 26.3 Å². The molecular weight excluding hydrogens is 316 g/mol. The van der Waals surface area contributed by atoms with E-state index in [1.807, 2.05) is 48.2 Å². The number of benzene rings is 1. The van der Waals surface area contributed by atoms with Gasteiger partial charge >= 0.3 is 0 Å². The smallest absolute Gasteiger partial charge is 0.253 e. The second-order valence-corrected chi connectivity index (χ2v) is 7.26. The number of carbonyl (C=O) groups is 2. The predicted octanol–water partition coefficient (Wildman–Crippen LogP) is 2.76. The quantitative estimate of drug-likeness (QED) is 0.932. The Morgan fingerprint density at radius 1 is 1.28 bits per heavy atom. The third kappa shape index (κ3) is 3.06. The third-order valence-electron chi connectivity index (χ3n) is 5.49. The summed E-state index contributed by atoms with van der Waals surface area (Å²) in [5.74, 6) is 0.906. The molecule has 130 valence electrons. The van der Waals surface area contributed by atoms with Crippen molar-refractivity contribution in [2.75, 3.05) is 13.1 Å². The standard InChI is InChI=1S/C20H22N2O3/c1-14-4-6-15(7-5-14)19(24)22-9-8-20(13-22)11-17(20)18(23)21-12-16-3-2-10-25-16/h2-7,10,17H,8-9,11-13H2,1H3,(H,21,23). The Hall–Kier alpha value is -2.56. The van der Waals surface area contributed by atoms with Crippen LogP contribution in [0.4, 0.5) is 0 Å². The van der Waals surface area contributed by atoms with E-state index in [1.165, 1.54) is 0 Å². The third-order valence-corrected chi connectivity index (χ3v) is 5.49. The Bertz CT molecular complexity index is 782. The molecule has 2 unspecified atom stereocenters. The molecule has 2 aromatic rings. The molecule has 1 aliphatic carbocycles. The van der Waals surface area contributed by atoms with Crippen molar-refractivity contribution in [1.82, 2.24) is 10.2 Å². The maximum Gasteiger partial charge on any atom is 0.253 e. The average molecular weight is 338 g/mol. The number of nitrogens with one attached hydrogen (secondary N) is 1. The number of amides is 2. The van der Waals surface area contributed by atoms with E-state index in [2.05, 4.69) is 5.32 Å². The van der Waals surface area contributed by atoms with E-state index in [0.29, 0.717) is 13.1 Å². The van der Waals surface area contributed by atoms with Gasteiger partial charge in [0, 0.05) is 30.0 Å². The van der Waals surface area contributed by atoms with Gasteiger partial charge in [0.15, 0.2) is 0 Å². The van der Waals surface area contributed by atoms with Crippen molar-refractivity contribution < 1.29 is 14.0 Å². The van der Waals surface area contributed by atoms with Gasteiger partial charge in [-0.3, -0.25) is 9.59 Å². The Morgan fingerprint density at radius 3 is 2.80 bits per heavy atom. The summed E-state index contributed by atoms with van der Waals surface area (Å²) in [6.07, 6.45) is 3.38. The van der Waals surface area contributed by atoms with E-state index < -0.39 is 0 Å². The van der Waals surface area contributed by atoms with Gasteiger partial charge in [-0.15, -0.1) is 0 Å². The topological polar surface area (TPSA) is 62.6 Å². The highest BCUT2D eigenvalue weighted by Gasteiger charge is 2.61. The van der Waals surface area contributed by atoms with E-state index in [1.54, 1.807) is 6.26 Å². The Labute approximate surface area is 147 Å². The molecule has 5 nitrogen and oxygen atoms in total. The lowest BCUT2D eigenvalue weighted by atomic mass is 10.0. The van der Waals surface area contributed by atoms with Gasteiger partial charge in [-0.25, -0.2) is 0 Å². The van der Waals surface area contributed by atoms with Crippen molar-refractivity contribution in [2.24, 2.45) is 11.3 Å². The van der Waals surface area contributed by atoms with Crippen molar-refractivity contribution in [3.8, 4) is 0 Å². The van der Waals surface area contributed by atoms with Crippen LogP contribution in [0, 0.1) is 18.3 Å². The maximum atomic E-state index is 12.6. The highest BCUT2D eigenvalue weighted by atomic mass is 16.3. The fourth-order valence-corrected chi connectivity index (χ4v) is 3.83. The number of furan rings is 1. The lowest BCUT2D eigenvalue weighted by Crippen LogP contribution is -2.31. The summed E-state index contributed by atoms with van der Waals surface area (Å²) in [5.41, 5.74) is 1.85. The summed E-state index contributed by atoms with van der Waals surface area (Å²) in [6, 6.07) is 11.3. The summed E-state index contributed by atoms with van der Waals surface area (Å²) in [7, 11) is 0. The summed E-state index contributed by atoms with van der Waals surface area (Å²) in [4.78, 5) is 26.9. The number of rotatable bonds is 4. The molecule has 4 rings (SSSR count). The molecule has 5 heteroatoms. The molecule has 2 amide bonds. The van der Waals surface area contributed by atoms with Crippen molar-refractivity contribution in [1.29, 1.82) is 0 Å². The van der Waals surface area contributed by atoms with Crippen molar-refractivity contribution >= 4 is 11.8 Å². The number of likely N-dealkylation sites (tertiary alicyclic amines) is 1. The van der Waals surface area contributed by atoms with Crippen molar-refractivity contribution in [3.05, 3.63) is 59.5 Å². The molecule has 1 spiro atoms. The molecule has 1 saturated carbocycles. The lowest BCUT2D eigenvalue weighted by molar-refractivity contribution is -0.123. The number of hydrogen-bond donors (Lipinski definition) is 1. The molecular formula is C20H22N2O3. The summed E-state index contributed by atoms with van der Waals surface area (Å²) < 4.78 is 5.24. The first kappa shape index (κ1) is 15.9. The van der Waals surface area contributed by atoms with Crippen LogP contribution in [0.5, 0.6) is 0 Å². The second-order valence-electron chi connectivity index (χ2n) is 7.26. The molecule has 0 bridgehead atoms. The van der Waals surface area contributed by atoms with E-state index in [4.69, 9.17) is 4.42 Å². The van der Waals surface area contributed by atoms with Gasteiger partial charge in [0.2, 0.25) is 5.91 Å². The van der Waals surface area contributed by atoms with Crippen LogP contribution < -0.4 is 5.32 Å². The fourth-order valence-electron chi connectivity index (χ4n) is 3.83. The number of nitrogens with zero attached hydrogens (tertiary/aromatic N) is 1. The van der Waals surface area contributed by atoms with Gasteiger partial charge < -0.3 is 14.6 Å². The zero-order chi connectivity index (χ0) is 17.4. The van der Waals surface area contributed by atoms with Gasteiger partial charge in [0.25, 0.3) is 5.91 Å². The Kier molecular flexibility index (Phi) is 3.86. The second kappa shape index (κ2) is 6.06. The number of carbonyl (C=O) groups excluding carboxylic acids is 2. The molecule has 2 heterocycles. The SMILES string of the molecule is Cc1ccc(C(=O)N2CCC3(CC3C(=O)NCc3ccco3)C2)cc1. The summed E-state index contributed by atoms with van der Waals surface area (Å²) in [5, 5.41) is 2.94. The number of hydrogen-bond acceptors (Lipinski definition) is 3. The molecule has 1 aromatic heterocycles. The minimum Gasteiger partial charge on any atom is -0.467 e. The van der Waals surface area contributed by atoms with Crippen LogP contribution in [0.15, 0.2) is 47.1 Å². The zero-order valence-corrected chi connectivity index (χ0v) is 14.3. The van der Waals surface area contributed by atoms with Crippen LogP contribution in [0.25, 0.3) is 0 Å². The fraction of sp³-hybridized carbons (Fsp3) is 0.400. The average Bonchev–Trinajstić information content (AvgIpc) is 2.96. The molecule has 1 N–H and O–H groups in total. The summed E-state index contributed by atoms with van der Waals surface area (Å²) in [6.45, 7) is 3.84. The molecule has 2 atom stereocenters. The normalized spacial score (nSPS) is 24.5. The van der Waals surface area contributed by atoms with Crippen LogP contribution in [-0.4, -0.2) is 29.8 Å². The summed E-state index contributed by atoms with van der Waals surface area (Å²) >= 11 is 0. The minimum atomic E-state index is -0.0202. The van der Waals surface area contributed by atoms with Crippen LogP contribution >= 0.6 is 0 Å². The van der Waals surface area contributed by atoms with E-state index in [9.17, 15) is 9.59 Å². The highest BCUT2D eigenvalue weighted by Crippen LogP contribution is 2.58. The minimum absolute atomic E-state index is 0.0123. The van der Waals surface area contributed by atoms with E-state index >= 15 is 0 Å². The van der Waals surface area contributed by atoms with Crippen LogP contribution in [0.1, 0.15) is 34.5 Å². The predicted molar refractivity (Wildman–Crippen MR) is 92.8 cm³/mol.